The lowest BCUT2D eigenvalue weighted by Gasteiger charge is -2.13. The van der Waals surface area contributed by atoms with E-state index in [9.17, 15) is 4.79 Å². The standard InChI is InChI=1S/C25H28N4O2/c1-16(2)15-31-22-10-6-7-18-17(22)11-12-21-23(18)28-24-19(8-5-9-20(24)27-21)25(30)26-13-14-29(3)4/h5-12,16H,13-15H2,1-4H3,(H,26,30). The summed E-state index contributed by atoms with van der Waals surface area (Å²) in [6.07, 6.45) is 0. The Balaban J connectivity index is 1.81. The van der Waals surface area contributed by atoms with Crippen LogP contribution < -0.4 is 10.1 Å². The highest BCUT2D eigenvalue weighted by Gasteiger charge is 2.15. The van der Waals surface area contributed by atoms with Crippen molar-refractivity contribution < 1.29 is 9.53 Å². The third-order valence-electron chi connectivity index (χ3n) is 5.11. The monoisotopic (exact) mass is 416 g/mol. The van der Waals surface area contributed by atoms with E-state index in [1.54, 1.807) is 6.07 Å². The van der Waals surface area contributed by atoms with Gasteiger partial charge in [0.2, 0.25) is 0 Å². The zero-order valence-corrected chi connectivity index (χ0v) is 18.5. The molecule has 31 heavy (non-hydrogen) atoms. The van der Waals surface area contributed by atoms with Crippen molar-refractivity contribution in [2.75, 3.05) is 33.8 Å². The van der Waals surface area contributed by atoms with Crippen LogP contribution >= 0.6 is 0 Å². The van der Waals surface area contributed by atoms with Gasteiger partial charge in [-0.15, -0.1) is 0 Å². The zero-order chi connectivity index (χ0) is 22.0. The molecule has 1 heterocycles. The second kappa shape index (κ2) is 8.86. The van der Waals surface area contributed by atoms with Crippen LogP contribution in [-0.2, 0) is 0 Å². The molecular weight excluding hydrogens is 388 g/mol. The fraction of sp³-hybridized carbons (Fsp3) is 0.320. The van der Waals surface area contributed by atoms with Gasteiger partial charge < -0.3 is 15.0 Å². The van der Waals surface area contributed by atoms with Gasteiger partial charge in [-0.25, -0.2) is 9.97 Å². The molecule has 1 amide bonds. The molecule has 1 aromatic heterocycles. The summed E-state index contributed by atoms with van der Waals surface area (Å²) < 4.78 is 6.03. The summed E-state index contributed by atoms with van der Waals surface area (Å²) in [7, 11) is 3.96. The fourth-order valence-electron chi connectivity index (χ4n) is 3.54. The van der Waals surface area contributed by atoms with E-state index in [1.807, 2.05) is 61.5 Å². The summed E-state index contributed by atoms with van der Waals surface area (Å²) in [5.74, 6) is 1.14. The Labute approximate surface area is 182 Å². The normalized spacial score (nSPS) is 11.7. The summed E-state index contributed by atoms with van der Waals surface area (Å²) >= 11 is 0. The van der Waals surface area contributed by atoms with Gasteiger partial charge in [0.25, 0.3) is 5.91 Å². The van der Waals surface area contributed by atoms with E-state index in [2.05, 4.69) is 19.2 Å². The first-order valence-electron chi connectivity index (χ1n) is 10.6. The highest BCUT2D eigenvalue weighted by Crippen LogP contribution is 2.31. The van der Waals surface area contributed by atoms with E-state index in [-0.39, 0.29) is 5.91 Å². The maximum absolute atomic E-state index is 12.8. The molecule has 0 saturated heterocycles. The second-order valence-corrected chi connectivity index (χ2v) is 8.45. The van der Waals surface area contributed by atoms with Crippen LogP contribution in [0.1, 0.15) is 24.2 Å². The average Bonchev–Trinajstić information content (AvgIpc) is 2.75. The van der Waals surface area contributed by atoms with E-state index in [4.69, 9.17) is 14.7 Å². The van der Waals surface area contributed by atoms with E-state index >= 15 is 0 Å². The molecule has 0 radical (unpaired) electrons. The Hall–Kier alpha value is -3.25. The van der Waals surface area contributed by atoms with E-state index < -0.39 is 0 Å². The average molecular weight is 417 g/mol. The summed E-state index contributed by atoms with van der Waals surface area (Å²) in [5.41, 5.74) is 3.42. The summed E-state index contributed by atoms with van der Waals surface area (Å²) in [5, 5.41) is 4.94. The van der Waals surface area contributed by atoms with Crippen LogP contribution in [0.4, 0.5) is 0 Å². The van der Waals surface area contributed by atoms with E-state index in [1.165, 1.54) is 0 Å². The molecule has 0 bridgehead atoms. The number of fused-ring (bicyclic) bond motifs is 4. The highest BCUT2D eigenvalue weighted by atomic mass is 16.5. The maximum atomic E-state index is 12.8. The summed E-state index contributed by atoms with van der Waals surface area (Å²) in [6, 6.07) is 15.5. The van der Waals surface area contributed by atoms with Crippen molar-refractivity contribution in [2.24, 2.45) is 5.92 Å². The van der Waals surface area contributed by atoms with Crippen LogP contribution in [0.5, 0.6) is 5.75 Å². The minimum Gasteiger partial charge on any atom is -0.493 e. The molecule has 4 rings (SSSR count). The minimum atomic E-state index is -0.137. The third kappa shape index (κ3) is 4.44. The number of carbonyl (C=O) groups excluding carboxylic acids is 1. The molecule has 0 atom stereocenters. The lowest BCUT2D eigenvalue weighted by Crippen LogP contribution is -2.31. The second-order valence-electron chi connectivity index (χ2n) is 8.45. The number of hydrogen-bond donors (Lipinski definition) is 1. The maximum Gasteiger partial charge on any atom is 0.253 e. The lowest BCUT2D eigenvalue weighted by molar-refractivity contribution is 0.0952. The number of nitrogens with one attached hydrogen (secondary N) is 1. The van der Waals surface area contributed by atoms with Crippen LogP contribution in [0, 0.1) is 5.92 Å². The molecular formula is C25H28N4O2. The number of para-hydroxylation sites is 1. The van der Waals surface area contributed by atoms with E-state index in [0.717, 1.165) is 34.1 Å². The van der Waals surface area contributed by atoms with Gasteiger partial charge in [0.15, 0.2) is 0 Å². The summed E-state index contributed by atoms with van der Waals surface area (Å²) in [6.45, 7) is 6.25. The van der Waals surface area contributed by atoms with E-state index in [0.29, 0.717) is 35.7 Å². The number of ether oxygens (including phenoxy) is 1. The number of amides is 1. The molecule has 0 aliphatic heterocycles. The summed E-state index contributed by atoms with van der Waals surface area (Å²) in [4.78, 5) is 24.6. The van der Waals surface area contributed by atoms with Crippen LogP contribution in [0.2, 0.25) is 0 Å². The first kappa shape index (κ1) is 21.0. The lowest BCUT2D eigenvalue weighted by atomic mass is 10.1. The quantitative estimate of drug-likeness (QED) is 0.360. The van der Waals surface area contributed by atoms with Crippen molar-refractivity contribution in [3.63, 3.8) is 0 Å². The number of nitrogens with zero attached hydrogens (tertiary/aromatic N) is 3. The van der Waals surface area contributed by atoms with Gasteiger partial charge in [-0.3, -0.25) is 4.79 Å². The molecule has 0 aliphatic rings. The Bertz CT molecular complexity index is 1250. The van der Waals surface area contributed by atoms with Gasteiger partial charge in [0, 0.05) is 23.9 Å². The Morgan fingerprint density at radius 2 is 1.74 bits per heavy atom. The number of rotatable bonds is 7. The molecule has 0 unspecified atom stereocenters. The van der Waals surface area contributed by atoms with Gasteiger partial charge in [-0.2, -0.15) is 0 Å². The van der Waals surface area contributed by atoms with Crippen LogP contribution in [0.25, 0.3) is 32.8 Å². The third-order valence-corrected chi connectivity index (χ3v) is 5.11. The topological polar surface area (TPSA) is 67.3 Å². The number of hydrogen-bond acceptors (Lipinski definition) is 5. The molecule has 0 aliphatic carbocycles. The molecule has 0 fully saturated rings. The Morgan fingerprint density at radius 3 is 2.52 bits per heavy atom. The molecule has 6 heteroatoms. The predicted molar refractivity (Wildman–Crippen MR) is 126 cm³/mol. The van der Waals surface area contributed by atoms with Gasteiger partial charge in [0.05, 0.1) is 28.7 Å². The molecule has 1 N–H and O–H groups in total. The van der Waals surface area contributed by atoms with Gasteiger partial charge >= 0.3 is 0 Å². The van der Waals surface area contributed by atoms with Crippen LogP contribution in [0.15, 0.2) is 48.5 Å². The van der Waals surface area contributed by atoms with Crippen molar-refractivity contribution >= 4 is 38.7 Å². The molecule has 0 spiro atoms. The molecule has 6 nitrogen and oxygen atoms in total. The zero-order valence-electron chi connectivity index (χ0n) is 18.5. The first-order chi connectivity index (χ1) is 14.9. The van der Waals surface area contributed by atoms with Gasteiger partial charge in [0.1, 0.15) is 11.3 Å². The SMILES string of the molecule is CC(C)COc1cccc2c1ccc1nc3cccc(C(=O)NCCN(C)C)c3nc12. The van der Waals surface area contributed by atoms with Crippen LogP contribution in [0.3, 0.4) is 0 Å². The minimum absolute atomic E-state index is 0.137. The van der Waals surface area contributed by atoms with Crippen molar-refractivity contribution in [3.8, 4) is 5.75 Å². The Morgan fingerprint density at radius 1 is 0.968 bits per heavy atom. The van der Waals surface area contributed by atoms with Crippen molar-refractivity contribution in [3.05, 3.63) is 54.1 Å². The predicted octanol–water partition coefficient (Wildman–Crippen LogP) is 4.26. The first-order valence-corrected chi connectivity index (χ1v) is 10.6. The number of likely N-dealkylation sites (N-methyl/N-ethyl adjacent to an activating group) is 1. The van der Waals surface area contributed by atoms with Crippen molar-refractivity contribution in [1.29, 1.82) is 0 Å². The fourth-order valence-corrected chi connectivity index (χ4v) is 3.54. The molecule has 3 aromatic carbocycles. The largest absolute Gasteiger partial charge is 0.493 e. The smallest absolute Gasteiger partial charge is 0.253 e. The van der Waals surface area contributed by atoms with Gasteiger partial charge in [-0.05, 0) is 50.3 Å². The van der Waals surface area contributed by atoms with Crippen molar-refractivity contribution in [1.82, 2.24) is 20.2 Å². The van der Waals surface area contributed by atoms with Gasteiger partial charge in [-0.1, -0.05) is 32.0 Å². The Kier molecular flexibility index (Phi) is 6.00. The number of aromatic nitrogens is 2. The van der Waals surface area contributed by atoms with Crippen LogP contribution in [-0.4, -0.2) is 54.6 Å². The van der Waals surface area contributed by atoms with Crippen molar-refractivity contribution in [2.45, 2.75) is 13.8 Å². The molecule has 4 aromatic rings. The number of carbonyl (C=O) groups is 1. The highest BCUT2D eigenvalue weighted by molar-refractivity contribution is 6.11. The molecule has 0 saturated carbocycles. The molecule has 160 valence electrons. The number of benzene rings is 3.